The van der Waals surface area contributed by atoms with Gasteiger partial charge in [0.05, 0.1) is 6.33 Å². The third kappa shape index (κ3) is 3.98. The number of rotatable bonds is 5. The molecule has 1 fully saturated rings. The maximum Gasteiger partial charge on any atom is 0.223 e. The summed E-state index contributed by atoms with van der Waals surface area (Å²) in [6.07, 6.45) is 5.45. The predicted octanol–water partition coefficient (Wildman–Crippen LogP) is 3.55. The number of nitrogens with zero attached hydrogens (tertiary/aromatic N) is 3. The molecule has 1 aromatic carbocycles. The first-order valence-electron chi connectivity index (χ1n) is 7.71. The third-order valence-corrected chi connectivity index (χ3v) is 3.48. The normalized spacial score (nSPS) is 15.7. The van der Waals surface area contributed by atoms with Crippen molar-refractivity contribution < 1.29 is 9.23 Å². The highest BCUT2D eigenvalue weighted by Crippen LogP contribution is 2.27. The first kappa shape index (κ1) is 15.3. The molecular weight excluding hydrogens is 293 g/mol. The number of alkyl halides is 1. The summed E-state index contributed by atoms with van der Waals surface area (Å²) in [5.41, 5.74) is 1.80. The zero-order chi connectivity index (χ0) is 16.1. The summed E-state index contributed by atoms with van der Waals surface area (Å²) in [4.78, 5) is 8.94. The van der Waals surface area contributed by atoms with Gasteiger partial charge in [-0.05, 0) is 31.9 Å². The van der Waals surface area contributed by atoms with E-state index in [1.165, 1.54) is 29.9 Å². The van der Waals surface area contributed by atoms with Gasteiger partial charge in [0.1, 0.15) is 12.3 Å². The summed E-state index contributed by atoms with van der Waals surface area (Å²) in [6, 6.07) is 7.40. The van der Waals surface area contributed by atoms with E-state index in [1.807, 2.05) is 31.2 Å². The van der Waals surface area contributed by atoms with Crippen LogP contribution in [-0.4, -0.2) is 21.9 Å². The highest BCUT2D eigenvalue weighted by Gasteiger charge is 2.20. The fourth-order valence-corrected chi connectivity index (χ4v) is 2.05. The van der Waals surface area contributed by atoms with E-state index in [1.54, 1.807) is 6.20 Å². The molecule has 5 heteroatoms. The summed E-state index contributed by atoms with van der Waals surface area (Å²) >= 11 is 0. The first-order valence-corrected chi connectivity index (χ1v) is 7.71. The molecule has 23 heavy (non-hydrogen) atoms. The van der Waals surface area contributed by atoms with Gasteiger partial charge in [0, 0.05) is 29.4 Å². The molecule has 0 radical (unpaired) electrons. The van der Waals surface area contributed by atoms with Crippen LogP contribution in [0, 0.1) is 17.8 Å². The lowest BCUT2D eigenvalue weighted by atomic mass is 10.1. The van der Waals surface area contributed by atoms with Gasteiger partial charge < -0.3 is 9.40 Å². The smallest absolute Gasteiger partial charge is 0.223 e. The lowest BCUT2D eigenvalue weighted by Crippen LogP contribution is -2.16. The molecule has 0 amide bonds. The predicted molar refractivity (Wildman–Crippen MR) is 86.6 cm³/mol. The van der Waals surface area contributed by atoms with E-state index in [9.17, 15) is 4.39 Å². The minimum Gasteiger partial charge on any atom is -0.396 e. The van der Waals surface area contributed by atoms with E-state index < -0.39 is 6.30 Å². The van der Waals surface area contributed by atoms with Crippen molar-refractivity contribution in [2.45, 2.75) is 26.1 Å². The average molecular weight is 311 g/mol. The molecule has 0 aliphatic heterocycles. The van der Waals surface area contributed by atoms with Crippen molar-refractivity contribution in [3.8, 4) is 11.8 Å². The van der Waals surface area contributed by atoms with Crippen LogP contribution in [0.2, 0.25) is 0 Å². The van der Waals surface area contributed by atoms with Crippen molar-refractivity contribution in [1.82, 2.24) is 9.55 Å². The van der Waals surface area contributed by atoms with Crippen molar-refractivity contribution >= 4 is 5.71 Å². The lowest BCUT2D eigenvalue weighted by molar-refractivity contribution is 0.154. The Morgan fingerprint density at radius 2 is 2.22 bits per heavy atom. The summed E-state index contributed by atoms with van der Waals surface area (Å²) in [6.45, 7) is 2.19. The Hall–Kier alpha value is -2.61. The topological polar surface area (TPSA) is 39.4 Å². The number of halogens is 1. The Morgan fingerprint density at radius 1 is 1.43 bits per heavy atom. The van der Waals surface area contributed by atoms with Gasteiger partial charge in [-0.1, -0.05) is 29.1 Å². The molecule has 0 spiro atoms. The fraction of sp³-hybridized carbons (Fsp3) is 0.333. The molecule has 2 aromatic rings. The van der Waals surface area contributed by atoms with Gasteiger partial charge in [0.15, 0.2) is 0 Å². The van der Waals surface area contributed by atoms with Crippen molar-refractivity contribution in [3.63, 3.8) is 0 Å². The van der Waals surface area contributed by atoms with E-state index in [-0.39, 0.29) is 5.71 Å². The molecule has 0 saturated heterocycles. The largest absolute Gasteiger partial charge is 0.396 e. The highest BCUT2D eigenvalue weighted by atomic mass is 19.1. The van der Waals surface area contributed by atoms with Crippen LogP contribution in [0.1, 0.15) is 37.2 Å². The molecule has 1 aliphatic rings. The SMILES string of the molecule is CCON=C(c1ccc(C#CC2CC2)cc1)C(F)n1ccnc1. The van der Waals surface area contributed by atoms with Gasteiger partial charge in [0.25, 0.3) is 0 Å². The van der Waals surface area contributed by atoms with Crippen LogP contribution in [0.25, 0.3) is 0 Å². The zero-order valence-electron chi connectivity index (χ0n) is 12.9. The van der Waals surface area contributed by atoms with Crippen molar-refractivity contribution in [3.05, 3.63) is 54.1 Å². The minimum atomic E-state index is -1.45. The number of benzene rings is 1. The molecule has 0 N–H and O–H groups in total. The summed E-state index contributed by atoms with van der Waals surface area (Å²) in [5, 5.41) is 3.94. The quantitative estimate of drug-likeness (QED) is 0.481. The first-order chi connectivity index (χ1) is 11.3. The lowest BCUT2D eigenvalue weighted by Gasteiger charge is -2.12. The van der Waals surface area contributed by atoms with Gasteiger partial charge >= 0.3 is 0 Å². The van der Waals surface area contributed by atoms with Gasteiger partial charge in [-0.2, -0.15) is 0 Å². The third-order valence-electron chi connectivity index (χ3n) is 3.48. The molecular formula is C18H18FN3O. The standard InChI is InChI=1S/C18H18FN3O/c1-2-23-21-17(18(19)22-12-11-20-13-22)16-9-7-15(8-10-16)6-5-14-3-4-14/h7-14,18H,2-4H2,1H3. The van der Waals surface area contributed by atoms with E-state index in [0.29, 0.717) is 18.1 Å². The second-order valence-corrected chi connectivity index (χ2v) is 5.36. The number of hydrogen-bond donors (Lipinski definition) is 0. The second-order valence-electron chi connectivity index (χ2n) is 5.36. The molecule has 1 aliphatic carbocycles. The Bertz CT molecular complexity index is 722. The van der Waals surface area contributed by atoms with Crippen LogP contribution in [0.5, 0.6) is 0 Å². The second kappa shape index (κ2) is 7.10. The van der Waals surface area contributed by atoms with E-state index >= 15 is 0 Å². The molecule has 1 heterocycles. The molecule has 1 aromatic heterocycles. The maximum absolute atomic E-state index is 14.7. The number of oxime groups is 1. The van der Waals surface area contributed by atoms with Crippen molar-refractivity contribution in [1.29, 1.82) is 0 Å². The molecule has 1 unspecified atom stereocenters. The summed E-state index contributed by atoms with van der Waals surface area (Å²) in [5.74, 6) is 6.91. The molecule has 1 atom stereocenters. The summed E-state index contributed by atoms with van der Waals surface area (Å²) < 4.78 is 16.0. The van der Waals surface area contributed by atoms with E-state index in [4.69, 9.17) is 4.84 Å². The van der Waals surface area contributed by atoms with Gasteiger partial charge in [-0.3, -0.25) is 0 Å². The van der Waals surface area contributed by atoms with Crippen LogP contribution >= 0.6 is 0 Å². The van der Waals surface area contributed by atoms with Crippen molar-refractivity contribution in [2.75, 3.05) is 6.61 Å². The Balaban J connectivity index is 1.83. The zero-order valence-corrected chi connectivity index (χ0v) is 12.9. The Morgan fingerprint density at radius 3 is 2.83 bits per heavy atom. The van der Waals surface area contributed by atoms with Gasteiger partial charge in [-0.15, -0.1) is 0 Å². The molecule has 118 valence electrons. The van der Waals surface area contributed by atoms with Crippen LogP contribution in [0.3, 0.4) is 0 Å². The monoisotopic (exact) mass is 311 g/mol. The minimum absolute atomic E-state index is 0.214. The van der Waals surface area contributed by atoms with E-state index in [0.717, 1.165) is 5.56 Å². The molecule has 0 bridgehead atoms. The average Bonchev–Trinajstić information content (AvgIpc) is 3.25. The van der Waals surface area contributed by atoms with Gasteiger partial charge in [-0.25, -0.2) is 9.37 Å². The number of hydrogen-bond acceptors (Lipinski definition) is 3. The molecule has 1 saturated carbocycles. The van der Waals surface area contributed by atoms with Crippen LogP contribution < -0.4 is 0 Å². The van der Waals surface area contributed by atoms with Crippen LogP contribution in [0.15, 0.2) is 48.1 Å². The Labute approximate surface area is 135 Å². The van der Waals surface area contributed by atoms with Crippen LogP contribution in [-0.2, 0) is 4.84 Å². The van der Waals surface area contributed by atoms with Gasteiger partial charge in [0.2, 0.25) is 6.30 Å². The maximum atomic E-state index is 14.7. The van der Waals surface area contributed by atoms with E-state index in [2.05, 4.69) is 22.0 Å². The van der Waals surface area contributed by atoms with Crippen LogP contribution in [0.4, 0.5) is 4.39 Å². The number of imidazole rings is 1. The van der Waals surface area contributed by atoms with Crippen molar-refractivity contribution in [2.24, 2.45) is 11.1 Å². The summed E-state index contributed by atoms with van der Waals surface area (Å²) in [7, 11) is 0. The number of aromatic nitrogens is 2. The Kier molecular flexibility index (Phi) is 4.72. The highest BCUT2D eigenvalue weighted by molar-refractivity contribution is 6.02. The fourth-order valence-electron chi connectivity index (χ4n) is 2.05. The molecule has 4 nitrogen and oxygen atoms in total. The molecule has 3 rings (SSSR count).